The van der Waals surface area contributed by atoms with Crippen LogP contribution in [0.25, 0.3) is 44.7 Å². The molecule has 0 bridgehead atoms. The van der Waals surface area contributed by atoms with Crippen molar-refractivity contribution in [2.75, 3.05) is 14.1 Å². The number of hydrogen-bond donors (Lipinski definition) is 2. The number of fused-ring (bicyclic) bond motifs is 2. The second-order valence-electron chi connectivity index (χ2n) is 7.11. The van der Waals surface area contributed by atoms with E-state index >= 15 is 0 Å². The molecule has 0 radical (unpaired) electrons. The van der Waals surface area contributed by atoms with Crippen LogP contribution in [-0.2, 0) is 6.54 Å². The third-order valence-corrected chi connectivity index (χ3v) is 4.67. The van der Waals surface area contributed by atoms with Gasteiger partial charge < -0.3 is 9.88 Å². The first-order chi connectivity index (χ1) is 13.7. The number of aromatic amines is 2. The maximum absolute atomic E-state index is 4.64. The van der Waals surface area contributed by atoms with Crippen LogP contribution in [0.1, 0.15) is 5.56 Å². The molecule has 0 saturated carbocycles. The van der Waals surface area contributed by atoms with Gasteiger partial charge in [0.25, 0.3) is 0 Å². The normalized spacial score (nSPS) is 11.7. The number of nitrogens with zero attached hydrogens (tertiary/aromatic N) is 5. The fourth-order valence-corrected chi connectivity index (χ4v) is 3.43. The van der Waals surface area contributed by atoms with Gasteiger partial charge in [0.2, 0.25) is 0 Å². The second kappa shape index (κ2) is 6.54. The third-order valence-electron chi connectivity index (χ3n) is 4.67. The first-order valence-electron chi connectivity index (χ1n) is 9.05. The molecule has 28 heavy (non-hydrogen) atoms. The van der Waals surface area contributed by atoms with Crippen LogP contribution in [0.2, 0.25) is 0 Å². The van der Waals surface area contributed by atoms with Gasteiger partial charge in [-0.25, -0.2) is 9.97 Å². The number of aromatic nitrogens is 6. The lowest BCUT2D eigenvalue weighted by Crippen LogP contribution is -2.10. The van der Waals surface area contributed by atoms with E-state index in [1.807, 2.05) is 30.6 Å². The number of benzene rings is 1. The van der Waals surface area contributed by atoms with Gasteiger partial charge in [-0.2, -0.15) is 5.10 Å². The van der Waals surface area contributed by atoms with Gasteiger partial charge in [-0.15, -0.1) is 0 Å². The summed E-state index contributed by atoms with van der Waals surface area (Å²) in [6.45, 7) is 0.853. The number of H-pyrrole nitrogens is 2. The minimum Gasteiger partial charge on any atom is -0.321 e. The average Bonchev–Trinajstić information content (AvgIpc) is 3.30. The van der Waals surface area contributed by atoms with Crippen LogP contribution < -0.4 is 0 Å². The van der Waals surface area contributed by atoms with Crippen LogP contribution in [0.5, 0.6) is 0 Å². The van der Waals surface area contributed by atoms with Crippen molar-refractivity contribution in [3.8, 4) is 22.6 Å². The molecule has 138 valence electrons. The van der Waals surface area contributed by atoms with E-state index < -0.39 is 0 Å². The molecular formula is C21H19N7. The molecule has 1 aromatic carbocycles. The van der Waals surface area contributed by atoms with Crippen molar-refractivity contribution in [1.82, 2.24) is 35.0 Å². The Hall–Kier alpha value is -3.58. The zero-order chi connectivity index (χ0) is 19.1. The molecule has 0 amide bonds. The number of rotatable bonds is 4. The summed E-state index contributed by atoms with van der Waals surface area (Å²) in [6.07, 6.45) is 5.55. The molecule has 0 spiro atoms. The highest BCUT2D eigenvalue weighted by atomic mass is 15.1. The first-order valence-corrected chi connectivity index (χ1v) is 9.05. The molecule has 7 nitrogen and oxygen atoms in total. The van der Waals surface area contributed by atoms with Crippen LogP contribution in [0.15, 0.2) is 55.0 Å². The van der Waals surface area contributed by atoms with Gasteiger partial charge in [0.1, 0.15) is 11.2 Å². The lowest BCUT2D eigenvalue weighted by atomic mass is 10.0. The van der Waals surface area contributed by atoms with Gasteiger partial charge in [0, 0.05) is 36.1 Å². The molecule has 7 heteroatoms. The van der Waals surface area contributed by atoms with Crippen LogP contribution in [0.4, 0.5) is 0 Å². The highest BCUT2D eigenvalue weighted by Crippen LogP contribution is 2.30. The van der Waals surface area contributed by atoms with Crippen molar-refractivity contribution in [1.29, 1.82) is 0 Å². The fraction of sp³-hybridized carbons (Fsp3) is 0.143. The summed E-state index contributed by atoms with van der Waals surface area (Å²) in [4.78, 5) is 18.8. The first kappa shape index (κ1) is 16.6. The third kappa shape index (κ3) is 2.91. The Kier molecular flexibility index (Phi) is 3.87. The van der Waals surface area contributed by atoms with E-state index in [4.69, 9.17) is 0 Å². The highest BCUT2D eigenvalue weighted by Gasteiger charge is 2.14. The van der Waals surface area contributed by atoms with Crippen LogP contribution in [0.3, 0.4) is 0 Å². The van der Waals surface area contributed by atoms with E-state index in [1.165, 1.54) is 5.56 Å². The molecule has 0 saturated heterocycles. The Labute approximate surface area is 161 Å². The van der Waals surface area contributed by atoms with Gasteiger partial charge in [0.05, 0.1) is 5.52 Å². The summed E-state index contributed by atoms with van der Waals surface area (Å²) in [5.74, 6) is 0.705. The predicted molar refractivity (Wildman–Crippen MR) is 110 cm³/mol. The van der Waals surface area contributed by atoms with Crippen LogP contribution >= 0.6 is 0 Å². The van der Waals surface area contributed by atoms with Gasteiger partial charge in [-0.05, 0) is 55.6 Å². The van der Waals surface area contributed by atoms with E-state index in [-0.39, 0.29) is 0 Å². The average molecular weight is 369 g/mol. The SMILES string of the molecule is CN(C)Cc1cncc(-c2ccc3[nH]nc(-c4nc5cccnc5[nH]4)c3c2)c1. The maximum Gasteiger partial charge on any atom is 0.160 e. The minimum atomic E-state index is 0.705. The largest absolute Gasteiger partial charge is 0.321 e. The molecule has 0 aliphatic heterocycles. The molecule has 0 atom stereocenters. The molecule has 0 aliphatic carbocycles. The molecule has 5 aromatic rings. The van der Waals surface area contributed by atoms with Gasteiger partial charge in [0.15, 0.2) is 11.5 Å². The van der Waals surface area contributed by atoms with Gasteiger partial charge in [-0.3, -0.25) is 10.1 Å². The van der Waals surface area contributed by atoms with Gasteiger partial charge in [-0.1, -0.05) is 6.07 Å². The molecular weight excluding hydrogens is 350 g/mol. The second-order valence-corrected chi connectivity index (χ2v) is 7.11. The predicted octanol–water partition coefficient (Wildman–Crippen LogP) is 3.62. The standard InChI is InChI=1S/C21H19N7/c1-28(2)12-13-8-15(11-22-10-13)14-5-6-17-16(9-14)19(27-26-17)21-24-18-4-3-7-23-20(18)25-21/h3-11H,12H2,1-2H3,(H,26,27)(H,23,24,25). The Bertz CT molecular complexity index is 1250. The Morgan fingerprint density at radius 2 is 1.96 bits per heavy atom. The fourth-order valence-electron chi connectivity index (χ4n) is 3.43. The lowest BCUT2D eigenvalue weighted by Gasteiger charge is -2.10. The van der Waals surface area contributed by atoms with Crippen molar-refractivity contribution in [2.24, 2.45) is 0 Å². The summed E-state index contributed by atoms with van der Waals surface area (Å²) in [6, 6.07) is 12.2. The molecule has 0 aliphatic rings. The smallest absolute Gasteiger partial charge is 0.160 e. The lowest BCUT2D eigenvalue weighted by molar-refractivity contribution is 0.402. The van der Waals surface area contributed by atoms with Crippen molar-refractivity contribution < 1.29 is 0 Å². The molecule has 0 fully saturated rings. The van der Waals surface area contributed by atoms with Gasteiger partial charge >= 0.3 is 0 Å². The molecule has 4 aromatic heterocycles. The zero-order valence-corrected chi connectivity index (χ0v) is 15.6. The monoisotopic (exact) mass is 369 g/mol. The van der Waals surface area contributed by atoms with E-state index in [0.717, 1.165) is 45.4 Å². The molecule has 0 unspecified atom stereocenters. The summed E-state index contributed by atoms with van der Waals surface area (Å²) in [5.41, 5.74) is 6.68. The van der Waals surface area contributed by atoms with Crippen molar-refractivity contribution in [3.63, 3.8) is 0 Å². The number of hydrogen-bond acceptors (Lipinski definition) is 5. The van der Waals surface area contributed by atoms with Crippen molar-refractivity contribution in [2.45, 2.75) is 6.54 Å². The molecule has 4 heterocycles. The minimum absolute atomic E-state index is 0.705. The topological polar surface area (TPSA) is 86.4 Å². The highest BCUT2D eigenvalue weighted by molar-refractivity contribution is 5.95. The summed E-state index contributed by atoms with van der Waals surface area (Å²) in [5, 5.41) is 8.59. The van der Waals surface area contributed by atoms with E-state index in [0.29, 0.717) is 5.82 Å². The van der Waals surface area contributed by atoms with Crippen LogP contribution in [-0.4, -0.2) is 49.1 Å². The zero-order valence-electron chi connectivity index (χ0n) is 15.6. The Balaban J connectivity index is 1.60. The van der Waals surface area contributed by atoms with Crippen molar-refractivity contribution in [3.05, 3.63) is 60.6 Å². The summed E-state index contributed by atoms with van der Waals surface area (Å²) >= 11 is 0. The number of pyridine rings is 2. The van der Waals surface area contributed by atoms with E-state index in [9.17, 15) is 0 Å². The number of imidazole rings is 1. The molecule has 5 rings (SSSR count). The Morgan fingerprint density at radius 1 is 1.04 bits per heavy atom. The maximum atomic E-state index is 4.64. The summed E-state index contributed by atoms with van der Waals surface area (Å²) < 4.78 is 0. The summed E-state index contributed by atoms with van der Waals surface area (Å²) in [7, 11) is 4.11. The Morgan fingerprint density at radius 3 is 2.82 bits per heavy atom. The van der Waals surface area contributed by atoms with Crippen LogP contribution in [0, 0.1) is 0 Å². The van der Waals surface area contributed by atoms with E-state index in [2.05, 4.69) is 67.3 Å². The quantitative estimate of drug-likeness (QED) is 0.505. The number of nitrogens with one attached hydrogen (secondary N) is 2. The van der Waals surface area contributed by atoms with Crippen molar-refractivity contribution >= 4 is 22.1 Å². The van der Waals surface area contributed by atoms with E-state index in [1.54, 1.807) is 6.20 Å². The molecule has 2 N–H and O–H groups in total.